The van der Waals surface area contributed by atoms with Crippen molar-refractivity contribution in [3.8, 4) is 11.5 Å². The molecule has 1 amide bonds. The van der Waals surface area contributed by atoms with Gasteiger partial charge in [-0.1, -0.05) is 42.5 Å². The summed E-state index contributed by atoms with van der Waals surface area (Å²) in [6.45, 7) is 1.91. The summed E-state index contributed by atoms with van der Waals surface area (Å²) < 4.78 is 15.9. The number of para-hydroxylation sites is 1. The van der Waals surface area contributed by atoms with E-state index < -0.39 is 5.91 Å². The number of amides is 1. The number of rotatable bonds is 10. The molecule has 0 fully saturated rings. The van der Waals surface area contributed by atoms with E-state index >= 15 is 0 Å². The van der Waals surface area contributed by atoms with Crippen LogP contribution in [0.25, 0.3) is 0 Å². The Labute approximate surface area is 168 Å². The number of benzene rings is 2. The summed E-state index contributed by atoms with van der Waals surface area (Å²) in [6, 6.07) is 15.7. The molecule has 0 unspecified atom stereocenters. The van der Waals surface area contributed by atoms with Crippen molar-refractivity contribution >= 4 is 11.7 Å². The molecule has 0 spiro atoms. The normalized spacial score (nSPS) is 10.5. The Morgan fingerprint density at radius 3 is 2.66 bits per heavy atom. The van der Waals surface area contributed by atoms with Crippen LogP contribution < -0.4 is 25.8 Å². The number of hydrogen-bond donors (Lipinski definition) is 3. The Hall–Kier alpha value is -3.59. The molecular weight excluding hydrogens is 374 g/mol. The van der Waals surface area contributed by atoms with Gasteiger partial charge in [-0.05, 0) is 21.9 Å². The highest BCUT2D eigenvalue weighted by atomic mass is 16.6. The molecule has 1 aromatic heterocycles. The Bertz CT molecular complexity index is 930. The zero-order chi connectivity index (χ0) is 20.5. The number of ether oxygens (including phenoxy) is 2. The van der Waals surface area contributed by atoms with Gasteiger partial charge in [-0.3, -0.25) is 4.79 Å². The topological polar surface area (TPSA) is 125 Å². The Morgan fingerprint density at radius 1 is 1.10 bits per heavy atom. The second-order valence-corrected chi connectivity index (χ2v) is 6.15. The summed E-state index contributed by atoms with van der Waals surface area (Å²) in [5.74, 6) is 0.894. The molecule has 0 aliphatic carbocycles. The molecule has 2 aromatic carbocycles. The standard InChI is InChI=1S/C20H23N5O4/c1-27-16-9-5-8-15(18(16)28-13-14-6-3-2-4-7-14)12-22-10-11-23-20(26)17-19(21)25-29-24-17/h2-9,22H,10-13H2,1H3,(H2,21,25)(H,23,26). The predicted octanol–water partition coefficient (Wildman–Crippen LogP) is 1.76. The summed E-state index contributed by atoms with van der Waals surface area (Å²) in [5.41, 5.74) is 7.50. The molecule has 0 aliphatic heterocycles. The molecular formula is C20H23N5O4. The first-order valence-corrected chi connectivity index (χ1v) is 9.08. The zero-order valence-electron chi connectivity index (χ0n) is 16.1. The van der Waals surface area contributed by atoms with Gasteiger partial charge in [0.25, 0.3) is 5.91 Å². The van der Waals surface area contributed by atoms with Crippen LogP contribution >= 0.6 is 0 Å². The van der Waals surface area contributed by atoms with Crippen LogP contribution in [0.5, 0.6) is 11.5 Å². The fourth-order valence-electron chi connectivity index (χ4n) is 2.68. The van der Waals surface area contributed by atoms with Crippen molar-refractivity contribution in [1.29, 1.82) is 0 Å². The van der Waals surface area contributed by atoms with Gasteiger partial charge in [-0.25, -0.2) is 4.63 Å². The van der Waals surface area contributed by atoms with Crippen LogP contribution in [0.2, 0.25) is 0 Å². The molecule has 0 aliphatic rings. The van der Waals surface area contributed by atoms with E-state index in [2.05, 4.69) is 25.6 Å². The van der Waals surface area contributed by atoms with Crippen molar-refractivity contribution in [3.63, 3.8) is 0 Å². The maximum Gasteiger partial charge on any atom is 0.277 e. The minimum atomic E-state index is -0.432. The molecule has 152 valence electrons. The molecule has 1 heterocycles. The first-order chi connectivity index (χ1) is 14.2. The van der Waals surface area contributed by atoms with E-state index in [-0.39, 0.29) is 11.5 Å². The van der Waals surface area contributed by atoms with Gasteiger partial charge >= 0.3 is 0 Å². The van der Waals surface area contributed by atoms with Gasteiger partial charge in [0.15, 0.2) is 11.5 Å². The molecule has 0 atom stereocenters. The summed E-state index contributed by atoms with van der Waals surface area (Å²) in [7, 11) is 1.61. The van der Waals surface area contributed by atoms with Gasteiger partial charge in [-0.2, -0.15) is 0 Å². The Morgan fingerprint density at radius 2 is 1.93 bits per heavy atom. The molecule has 3 aromatic rings. The first kappa shape index (κ1) is 20.2. The quantitative estimate of drug-likeness (QED) is 0.442. The molecule has 29 heavy (non-hydrogen) atoms. The molecule has 9 heteroatoms. The summed E-state index contributed by atoms with van der Waals surface area (Å²) in [4.78, 5) is 11.9. The van der Waals surface area contributed by atoms with Gasteiger partial charge in [0, 0.05) is 25.2 Å². The SMILES string of the molecule is COc1cccc(CNCCNC(=O)c2nonc2N)c1OCc1ccccc1. The third-order valence-electron chi connectivity index (χ3n) is 4.14. The largest absolute Gasteiger partial charge is 0.493 e. The van der Waals surface area contributed by atoms with Gasteiger partial charge < -0.3 is 25.8 Å². The van der Waals surface area contributed by atoms with E-state index in [1.54, 1.807) is 7.11 Å². The second kappa shape index (κ2) is 10.1. The highest BCUT2D eigenvalue weighted by Gasteiger charge is 2.15. The number of carbonyl (C=O) groups is 1. The van der Waals surface area contributed by atoms with E-state index in [1.807, 2.05) is 48.5 Å². The zero-order valence-corrected chi connectivity index (χ0v) is 16.1. The summed E-state index contributed by atoms with van der Waals surface area (Å²) >= 11 is 0. The molecule has 4 N–H and O–H groups in total. The first-order valence-electron chi connectivity index (χ1n) is 9.08. The maximum atomic E-state index is 11.9. The molecule has 9 nitrogen and oxygen atoms in total. The van der Waals surface area contributed by atoms with Crippen LogP contribution in [0, 0.1) is 0 Å². The van der Waals surface area contributed by atoms with Crippen LogP contribution in [0.15, 0.2) is 53.2 Å². The monoisotopic (exact) mass is 397 g/mol. The third-order valence-corrected chi connectivity index (χ3v) is 4.14. The van der Waals surface area contributed by atoms with Crippen molar-refractivity contribution < 1.29 is 18.9 Å². The number of nitrogen functional groups attached to an aromatic ring is 1. The van der Waals surface area contributed by atoms with Crippen molar-refractivity contribution in [1.82, 2.24) is 20.9 Å². The highest BCUT2D eigenvalue weighted by molar-refractivity contribution is 5.95. The smallest absolute Gasteiger partial charge is 0.277 e. The van der Waals surface area contributed by atoms with E-state index in [4.69, 9.17) is 15.2 Å². The molecule has 0 saturated heterocycles. The number of nitrogens with two attached hydrogens (primary N) is 1. The second-order valence-electron chi connectivity index (χ2n) is 6.15. The van der Waals surface area contributed by atoms with E-state index in [1.165, 1.54) is 0 Å². The third kappa shape index (κ3) is 5.45. The lowest BCUT2D eigenvalue weighted by Gasteiger charge is -2.16. The van der Waals surface area contributed by atoms with Crippen molar-refractivity contribution in [2.45, 2.75) is 13.2 Å². The van der Waals surface area contributed by atoms with Crippen LogP contribution in [-0.2, 0) is 13.2 Å². The summed E-state index contributed by atoms with van der Waals surface area (Å²) in [6.07, 6.45) is 0. The van der Waals surface area contributed by atoms with E-state index in [0.717, 1.165) is 11.1 Å². The Balaban J connectivity index is 1.52. The van der Waals surface area contributed by atoms with Gasteiger partial charge in [0.05, 0.1) is 7.11 Å². The fraction of sp³-hybridized carbons (Fsp3) is 0.250. The van der Waals surface area contributed by atoms with Crippen LogP contribution in [-0.4, -0.2) is 36.4 Å². The molecule has 3 rings (SSSR count). The fourth-order valence-corrected chi connectivity index (χ4v) is 2.68. The van der Waals surface area contributed by atoms with Gasteiger partial charge in [0.1, 0.15) is 6.61 Å². The lowest BCUT2D eigenvalue weighted by atomic mass is 10.1. The molecule has 0 saturated carbocycles. The number of nitrogens with one attached hydrogen (secondary N) is 2. The average Bonchev–Trinajstić information content (AvgIpc) is 3.18. The number of nitrogens with zero attached hydrogens (tertiary/aromatic N) is 2. The number of methoxy groups -OCH3 is 1. The molecule has 0 radical (unpaired) electrons. The maximum absolute atomic E-state index is 11.9. The molecule has 0 bridgehead atoms. The van der Waals surface area contributed by atoms with Crippen LogP contribution in [0.4, 0.5) is 5.82 Å². The minimum Gasteiger partial charge on any atom is -0.493 e. The van der Waals surface area contributed by atoms with E-state index in [0.29, 0.717) is 37.7 Å². The number of anilines is 1. The predicted molar refractivity (Wildman–Crippen MR) is 107 cm³/mol. The van der Waals surface area contributed by atoms with Crippen molar-refractivity contribution in [2.24, 2.45) is 0 Å². The summed E-state index contributed by atoms with van der Waals surface area (Å²) in [5, 5.41) is 12.8. The lowest BCUT2D eigenvalue weighted by molar-refractivity contribution is 0.0944. The highest BCUT2D eigenvalue weighted by Crippen LogP contribution is 2.31. The average molecular weight is 397 g/mol. The number of aromatic nitrogens is 2. The number of carbonyl (C=O) groups excluding carboxylic acids is 1. The van der Waals surface area contributed by atoms with Crippen molar-refractivity contribution in [2.75, 3.05) is 25.9 Å². The lowest BCUT2D eigenvalue weighted by Crippen LogP contribution is -2.32. The minimum absolute atomic E-state index is 0.0191. The Kier molecular flexibility index (Phi) is 7.01. The van der Waals surface area contributed by atoms with Crippen LogP contribution in [0.1, 0.15) is 21.6 Å². The van der Waals surface area contributed by atoms with Gasteiger partial charge in [0.2, 0.25) is 11.5 Å². The van der Waals surface area contributed by atoms with Crippen LogP contribution in [0.3, 0.4) is 0 Å². The number of hydrogen-bond acceptors (Lipinski definition) is 8. The van der Waals surface area contributed by atoms with Crippen molar-refractivity contribution in [3.05, 3.63) is 65.4 Å². The van der Waals surface area contributed by atoms with E-state index in [9.17, 15) is 4.79 Å². The van der Waals surface area contributed by atoms with Gasteiger partial charge in [-0.15, -0.1) is 0 Å².